The number of H-pyrrole nitrogens is 4. The SMILES string of the molecule is CCCC(CC(=O)c1cnc(N2CCN(CCC)CC2)o1)Cc1c[nH]c2ccccc12.CCCC(CC(=O)c1nc(N2CCN(CCC)CC2)n[nH]1)Cc1c[nH]c2ccccc12.CCCC(CC(=O)c1nnc(N2CCN(CCC)CC2)s1)Cc1c[nH]c2ccccc12. The second-order valence-corrected chi connectivity index (χ2v) is 26.9. The van der Waals surface area contributed by atoms with Gasteiger partial charge in [0.1, 0.15) is 0 Å². The van der Waals surface area contributed by atoms with Gasteiger partial charge in [0.25, 0.3) is 6.01 Å². The van der Waals surface area contributed by atoms with Gasteiger partial charge in [0.15, 0.2) is 33.9 Å². The van der Waals surface area contributed by atoms with E-state index in [2.05, 4.69) is 189 Å². The molecule has 3 aromatic carbocycles. The van der Waals surface area contributed by atoms with Crippen LogP contribution in [0.2, 0.25) is 0 Å². The van der Waals surface area contributed by atoms with Gasteiger partial charge in [-0.05, 0) is 130 Å². The summed E-state index contributed by atoms with van der Waals surface area (Å²) in [5, 5.41) is 21.1. The van der Waals surface area contributed by atoms with Gasteiger partial charge in [0, 0.05) is 149 Å². The summed E-state index contributed by atoms with van der Waals surface area (Å²) in [5.74, 6) is 2.60. The number of Topliss-reactive ketones (excluding diaryl/α,β-unsaturated/α-hetero) is 3. The molecule has 3 aliphatic rings. The number of aromatic amines is 4. The molecule has 0 saturated carbocycles. The first kappa shape index (κ1) is 68.3. The summed E-state index contributed by atoms with van der Waals surface area (Å²) in [7, 11) is 0. The third-order valence-electron chi connectivity index (χ3n) is 18.8. The first-order chi connectivity index (χ1) is 45.5. The summed E-state index contributed by atoms with van der Waals surface area (Å²) in [6.07, 6.45) is 21.9. The fraction of sp³-hybridized carbons (Fsp3) is 0.534. The van der Waals surface area contributed by atoms with Crippen LogP contribution in [0, 0.1) is 17.8 Å². The average molecular weight is 1280 g/mol. The summed E-state index contributed by atoms with van der Waals surface area (Å²) in [6.45, 7) is 28.3. The van der Waals surface area contributed by atoms with Gasteiger partial charge in [-0.15, -0.1) is 15.3 Å². The number of oxazole rings is 1. The Morgan fingerprint density at radius 2 is 0.914 bits per heavy atom. The van der Waals surface area contributed by atoms with Crippen LogP contribution in [0.4, 0.5) is 17.1 Å². The maximum absolute atomic E-state index is 13.0. The summed E-state index contributed by atoms with van der Waals surface area (Å²) in [5.41, 5.74) is 7.32. The van der Waals surface area contributed by atoms with E-state index in [1.54, 1.807) is 6.20 Å². The van der Waals surface area contributed by atoms with Crippen molar-refractivity contribution in [1.29, 1.82) is 0 Å². The molecule has 9 aromatic rings. The second-order valence-electron chi connectivity index (χ2n) is 25.9. The van der Waals surface area contributed by atoms with Crippen LogP contribution in [0.25, 0.3) is 32.7 Å². The van der Waals surface area contributed by atoms with Crippen LogP contribution in [0.1, 0.15) is 166 Å². The Labute approximate surface area is 553 Å². The first-order valence-electron chi connectivity index (χ1n) is 34.9. The number of hydrogen-bond donors (Lipinski definition) is 4. The number of nitrogens with zero attached hydrogens (tertiary/aromatic N) is 11. The topological polar surface area (TPSA) is 211 Å². The van der Waals surface area contributed by atoms with Gasteiger partial charge in [-0.25, -0.2) is 4.98 Å². The summed E-state index contributed by atoms with van der Waals surface area (Å²) < 4.78 is 5.91. The van der Waals surface area contributed by atoms with Gasteiger partial charge in [0.2, 0.25) is 11.1 Å². The van der Waals surface area contributed by atoms with Crippen LogP contribution in [-0.4, -0.2) is 176 Å². The predicted molar refractivity (Wildman–Crippen MR) is 378 cm³/mol. The number of hydrogen-bond acceptors (Lipinski definition) is 16. The van der Waals surface area contributed by atoms with E-state index in [0.29, 0.717) is 65.6 Å². The lowest BCUT2D eigenvalue weighted by atomic mass is 9.90. The Kier molecular flexibility index (Phi) is 25.4. The molecule has 3 aliphatic heterocycles. The van der Waals surface area contributed by atoms with Gasteiger partial charge in [-0.1, -0.05) is 127 Å². The molecule has 498 valence electrons. The number of carbonyl (C=O) groups excluding carboxylic acids is 3. The van der Waals surface area contributed by atoms with Crippen molar-refractivity contribution >= 4 is 78.5 Å². The Bertz CT molecular complexity index is 3340. The Hall–Kier alpha value is -7.52. The molecule has 3 atom stereocenters. The highest BCUT2D eigenvalue weighted by Gasteiger charge is 2.28. The van der Waals surface area contributed by atoms with E-state index in [-0.39, 0.29) is 17.3 Å². The number of nitrogens with one attached hydrogen (secondary N) is 4. The van der Waals surface area contributed by atoms with Crippen LogP contribution in [0.5, 0.6) is 0 Å². The van der Waals surface area contributed by atoms with Crippen molar-refractivity contribution in [1.82, 2.24) is 60.0 Å². The first-order valence-corrected chi connectivity index (χ1v) is 35.7. The number of aromatic nitrogens is 9. The smallest absolute Gasteiger partial charge is 0.297 e. The molecule has 0 bridgehead atoms. The molecule has 6 aromatic heterocycles. The van der Waals surface area contributed by atoms with Crippen molar-refractivity contribution in [2.75, 3.05) is 113 Å². The van der Waals surface area contributed by atoms with Crippen molar-refractivity contribution in [3.8, 4) is 0 Å². The van der Waals surface area contributed by atoms with Gasteiger partial charge >= 0.3 is 0 Å². The molecule has 0 spiro atoms. The van der Waals surface area contributed by atoms with E-state index >= 15 is 0 Å². The average Bonchev–Trinajstić information content (AvgIpc) is 1.82. The van der Waals surface area contributed by atoms with Crippen LogP contribution in [0.15, 0.2) is 102 Å². The number of carbonyl (C=O) groups is 3. The van der Waals surface area contributed by atoms with Crippen molar-refractivity contribution in [2.24, 2.45) is 17.8 Å². The minimum atomic E-state index is 0.0571. The highest BCUT2D eigenvalue weighted by Crippen LogP contribution is 2.31. The van der Waals surface area contributed by atoms with E-state index in [0.717, 1.165) is 178 Å². The van der Waals surface area contributed by atoms with Gasteiger partial charge in [-0.2, -0.15) is 4.98 Å². The third kappa shape index (κ3) is 18.7. The maximum Gasteiger partial charge on any atom is 0.297 e. The highest BCUT2D eigenvalue weighted by atomic mass is 32.1. The molecular weight excluding hydrogens is 1180 g/mol. The normalized spacial score (nSPS) is 16.1. The van der Waals surface area contributed by atoms with Crippen molar-refractivity contribution in [3.05, 3.63) is 131 Å². The Balaban J connectivity index is 0.000000153. The standard InChI is InChI=1S/C25H34N4O2.C24H34N6O.C24H33N5OS/c1-3-7-19(15-20-17-26-22-9-6-5-8-21(20)22)16-23(30)24-18-27-25(31-24)29-13-11-28(10-4-2)12-14-29;1-3-7-18(15-19-17-25-21-9-6-5-8-20(19)21)16-22(31)23-26-24(28-27-23)30-13-11-29(10-4-2)12-14-30;1-3-7-18(15-19-17-25-21-9-6-5-8-20(19)21)16-22(30)23-26-27-24(31-23)29-13-11-28(10-4-2)12-14-29/h5-6,8-9,17-19,26H,3-4,7,10-16H2,1-2H3;5-6,8-9,17-18,25H,3-4,7,10-16H2,1-2H3,(H,26,27,28);5-6,8-9,17-18,25H,3-4,7,10-16H2,1-2H3. The molecule has 19 nitrogen and oxygen atoms in total. The van der Waals surface area contributed by atoms with E-state index in [1.165, 1.54) is 63.4 Å². The molecule has 3 unspecified atom stereocenters. The molecule has 0 aliphatic carbocycles. The monoisotopic (exact) mass is 1280 g/mol. The van der Waals surface area contributed by atoms with Crippen molar-refractivity contribution < 1.29 is 18.8 Å². The lowest BCUT2D eigenvalue weighted by Crippen LogP contribution is -2.46. The van der Waals surface area contributed by atoms with Crippen LogP contribution in [0.3, 0.4) is 0 Å². The zero-order valence-corrected chi connectivity index (χ0v) is 57.0. The lowest BCUT2D eigenvalue weighted by Gasteiger charge is -2.34. The Morgan fingerprint density at radius 1 is 0.495 bits per heavy atom. The number of anilines is 3. The highest BCUT2D eigenvalue weighted by molar-refractivity contribution is 7.17. The molecular formula is C73H101N15O4S. The van der Waals surface area contributed by atoms with Gasteiger partial charge in [-0.3, -0.25) is 34.2 Å². The van der Waals surface area contributed by atoms with Crippen LogP contribution < -0.4 is 14.7 Å². The maximum atomic E-state index is 13.0. The van der Waals surface area contributed by atoms with E-state index in [4.69, 9.17) is 4.42 Å². The molecule has 0 radical (unpaired) electrons. The number of fused-ring (bicyclic) bond motifs is 3. The molecule has 9 heterocycles. The quantitative estimate of drug-likeness (QED) is 0.0309. The van der Waals surface area contributed by atoms with Gasteiger partial charge in [0.05, 0.1) is 6.20 Å². The number of para-hydroxylation sites is 3. The fourth-order valence-corrected chi connectivity index (χ4v) is 14.8. The van der Waals surface area contributed by atoms with Crippen LogP contribution >= 0.6 is 11.3 Å². The van der Waals surface area contributed by atoms with Gasteiger partial charge < -0.3 is 34.1 Å². The summed E-state index contributed by atoms with van der Waals surface area (Å²) in [4.78, 5) is 72.0. The predicted octanol–water partition coefficient (Wildman–Crippen LogP) is 13.8. The largest absolute Gasteiger partial charge is 0.420 e. The van der Waals surface area contributed by atoms with Crippen LogP contribution in [-0.2, 0) is 19.3 Å². The number of ketones is 3. The molecule has 20 heteroatoms. The number of benzene rings is 3. The minimum absolute atomic E-state index is 0.0571. The molecule has 93 heavy (non-hydrogen) atoms. The molecule has 12 rings (SSSR count). The number of rotatable bonds is 30. The van der Waals surface area contributed by atoms with E-state index < -0.39 is 0 Å². The molecule has 3 saturated heterocycles. The Morgan fingerprint density at radius 3 is 1.37 bits per heavy atom. The fourth-order valence-electron chi connectivity index (χ4n) is 13.9. The number of piperazine rings is 3. The zero-order chi connectivity index (χ0) is 64.9. The zero-order valence-electron chi connectivity index (χ0n) is 56.1. The third-order valence-corrected chi connectivity index (χ3v) is 19.8. The summed E-state index contributed by atoms with van der Waals surface area (Å²) in [6, 6.07) is 25.7. The summed E-state index contributed by atoms with van der Waals surface area (Å²) >= 11 is 1.46. The van der Waals surface area contributed by atoms with E-state index in [9.17, 15) is 14.4 Å². The lowest BCUT2D eigenvalue weighted by molar-refractivity contribution is 0.0927. The van der Waals surface area contributed by atoms with Crippen molar-refractivity contribution in [3.63, 3.8) is 0 Å². The minimum Gasteiger partial charge on any atom is -0.420 e. The molecule has 0 amide bonds. The van der Waals surface area contributed by atoms with E-state index in [1.807, 2.05) is 18.2 Å². The molecule has 3 fully saturated rings. The van der Waals surface area contributed by atoms with Crippen molar-refractivity contribution in [2.45, 2.75) is 138 Å². The second kappa shape index (κ2) is 34.6. The molecule has 4 N–H and O–H groups in total.